The van der Waals surface area contributed by atoms with Gasteiger partial charge in [-0.3, -0.25) is 14.9 Å². The molecule has 36 heavy (non-hydrogen) atoms. The maximum atomic E-state index is 15.2. The lowest BCUT2D eigenvalue weighted by Gasteiger charge is -2.43. The van der Waals surface area contributed by atoms with Gasteiger partial charge in [-0.05, 0) is 44.4 Å². The van der Waals surface area contributed by atoms with Gasteiger partial charge in [-0.15, -0.1) is 0 Å². The first kappa shape index (κ1) is 26.3. The Bertz CT molecular complexity index is 1190. The van der Waals surface area contributed by atoms with Crippen molar-refractivity contribution in [1.29, 1.82) is 5.26 Å². The number of ether oxygens (including phenoxy) is 1. The zero-order valence-corrected chi connectivity index (χ0v) is 20.5. The van der Waals surface area contributed by atoms with Crippen LogP contribution in [0.2, 0.25) is 5.15 Å². The number of hydrogen-bond acceptors (Lipinski definition) is 7. The maximum Gasteiger partial charge on any atom is 0.272 e. The SMILES string of the molecule is C=Nc1cc(C2CCN(C3COC3)CC2F)c(C#N)cc1C=Nc1cnn(C2CC2(F)F)c1Cl.CN. The lowest BCUT2D eigenvalue weighted by Crippen LogP contribution is -2.54. The highest BCUT2D eigenvalue weighted by molar-refractivity contribution is 6.32. The third-order valence-electron chi connectivity index (χ3n) is 6.75. The van der Waals surface area contributed by atoms with Crippen LogP contribution in [0.1, 0.15) is 41.5 Å². The largest absolute Gasteiger partial charge is 0.378 e. The average Bonchev–Trinajstić information content (AvgIpc) is 3.32. The smallest absolute Gasteiger partial charge is 0.272 e. The van der Waals surface area contributed by atoms with Crippen molar-refractivity contribution in [2.45, 2.75) is 42.9 Å². The molecule has 3 unspecified atom stereocenters. The Morgan fingerprint density at radius 1 is 1.33 bits per heavy atom. The third kappa shape index (κ3) is 5.04. The number of aromatic nitrogens is 2. The van der Waals surface area contributed by atoms with Crippen LogP contribution in [0.3, 0.4) is 0 Å². The van der Waals surface area contributed by atoms with Crippen LogP contribution in [-0.2, 0) is 4.74 Å². The summed E-state index contributed by atoms with van der Waals surface area (Å²) < 4.78 is 48.2. The number of likely N-dealkylation sites (tertiary alicyclic amines) is 1. The Balaban J connectivity index is 0.00000148. The van der Waals surface area contributed by atoms with Gasteiger partial charge in [0.1, 0.15) is 17.9 Å². The molecule has 0 bridgehead atoms. The molecule has 3 atom stereocenters. The van der Waals surface area contributed by atoms with Crippen molar-refractivity contribution in [3.8, 4) is 6.07 Å². The van der Waals surface area contributed by atoms with Gasteiger partial charge in [0.25, 0.3) is 5.92 Å². The number of hydrogen-bond donors (Lipinski definition) is 1. The maximum absolute atomic E-state index is 15.2. The van der Waals surface area contributed by atoms with Crippen LogP contribution in [0.15, 0.2) is 28.3 Å². The van der Waals surface area contributed by atoms with Crippen molar-refractivity contribution < 1.29 is 17.9 Å². The van der Waals surface area contributed by atoms with Crippen molar-refractivity contribution in [2.24, 2.45) is 15.7 Å². The Kier molecular flexibility index (Phi) is 7.80. The first-order valence-corrected chi connectivity index (χ1v) is 11.9. The summed E-state index contributed by atoms with van der Waals surface area (Å²) in [6.45, 7) is 5.88. The van der Waals surface area contributed by atoms with Crippen molar-refractivity contribution in [1.82, 2.24) is 14.7 Å². The van der Waals surface area contributed by atoms with Crippen LogP contribution in [0.5, 0.6) is 0 Å². The van der Waals surface area contributed by atoms with Crippen molar-refractivity contribution in [3.63, 3.8) is 0 Å². The number of rotatable bonds is 6. The first-order chi connectivity index (χ1) is 17.3. The number of benzene rings is 1. The summed E-state index contributed by atoms with van der Waals surface area (Å²) in [7, 11) is 1.50. The minimum absolute atomic E-state index is 0.00700. The highest BCUT2D eigenvalue weighted by Gasteiger charge is 2.59. The molecule has 3 aliphatic rings. The predicted molar refractivity (Wildman–Crippen MR) is 132 cm³/mol. The van der Waals surface area contributed by atoms with E-state index in [0.29, 0.717) is 48.6 Å². The average molecular weight is 522 g/mol. The van der Waals surface area contributed by atoms with Crippen molar-refractivity contribution in [3.05, 3.63) is 40.2 Å². The van der Waals surface area contributed by atoms with E-state index in [1.807, 2.05) is 0 Å². The van der Waals surface area contributed by atoms with E-state index in [1.165, 1.54) is 19.5 Å². The number of nitrogens with zero attached hydrogens (tertiary/aromatic N) is 6. The summed E-state index contributed by atoms with van der Waals surface area (Å²) in [5, 5.41) is 13.7. The van der Waals surface area contributed by atoms with Crippen molar-refractivity contribution in [2.75, 3.05) is 33.4 Å². The molecule has 2 aliphatic heterocycles. The predicted octanol–water partition coefficient (Wildman–Crippen LogP) is 4.17. The van der Waals surface area contributed by atoms with Gasteiger partial charge >= 0.3 is 0 Å². The fraction of sp³-hybridized carbons (Fsp3) is 0.500. The molecule has 1 aromatic heterocycles. The molecule has 1 aromatic carbocycles. The molecule has 0 spiro atoms. The molecule has 1 aliphatic carbocycles. The Labute approximate surface area is 212 Å². The molecular weight excluding hydrogens is 495 g/mol. The van der Waals surface area contributed by atoms with E-state index in [9.17, 15) is 14.0 Å². The fourth-order valence-corrected chi connectivity index (χ4v) is 4.81. The number of nitriles is 1. The van der Waals surface area contributed by atoms with Gasteiger partial charge in [0.2, 0.25) is 0 Å². The Morgan fingerprint density at radius 3 is 2.61 bits per heavy atom. The van der Waals surface area contributed by atoms with Gasteiger partial charge in [-0.1, -0.05) is 11.6 Å². The number of nitrogens with two attached hydrogens (primary N) is 1. The number of halogens is 4. The van der Waals surface area contributed by atoms with Crippen LogP contribution in [0, 0.1) is 11.3 Å². The van der Waals surface area contributed by atoms with Gasteiger partial charge in [0.05, 0.1) is 42.8 Å². The van der Waals surface area contributed by atoms with Gasteiger partial charge < -0.3 is 10.5 Å². The number of piperidine rings is 1. The van der Waals surface area contributed by atoms with E-state index in [4.69, 9.17) is 16.3 Å². The van der Waals surface area contributed by atoms with Crippen molar-refractivity contribution >= 4 is 35.9 Å². The second-order valence-corrected chi connectivity index (χ2v) is 9.23. The zero-order valence-electron chi connectivity index (χ0n) is 19.7. The molecule has 8 nitrogen and oxygen atoms in total. The van der Waals surface area contributed by atoms with Gasteiger partial charge in [-0.25, -0.2) is 17.9 Å². The molecule has 1 saturated carbocycles. The minimum atomic E-state index is -2.82. The molecule has 2 N–H and O–H groups in total. The van der Waals surface area contributed by atoms with Crippen LogP contribution in [0.4, 0.5) is 24.5 Å². The molecule has 3 heterocycles. The Morgan fingerprint density at radius 2 is 2.06 bits per heavy atom. The van der Waals surface area contributed by atoms with Crippen LogP contribution in [-0.4, -0.2) is 79.1 Å². The second-order valence-electron chi connectivity index (χ2n) is 8.87. The van der Waals surface area contributed by atoms with Crippen LogP contribution in [0.25, 0.3) is 0 Å². The normalized spacial score (nSPS) is 25.5. The van der Waals surface area contributed by atoms with E-state index in [2.05, 4.69) is 38.5 Å². The fourth-order valence-electron chi connectivity index (χ4n) is 4.55. The summed E-state index contributed by atoms with van der Waals surface area (Å²) in [4.78, 5) is 10.4. The van der Waals surface area contributed by atoms with Crippen LogP contribution >= 0.6 is 11.6 Å². The Hall–Kier alpha value is -2.78. The third-order valence-corrected chi connectivity index (χ3v) is 7.11. The summed E-state index contributed by atoms with van der Waals surface area (Å²) in [6.07, 6.45) is 1.89. The summed E-state index contributed by atoms with van der Waals surface area (Å²) >= 11 is 6.19. The highest BCUT2D eigenvalue weighted by Crippen LogP contribution is 2.53. The van der Waals surface area contributed by atoms with Gasteiger partial charge in [0, 0.05) is 30.7 Å². The van der Waals surface area contributed by atoms with Gasteiger partial charge in [0.15, 0.2) is 5.15 Å². The van der Waals surface area contributed by atoms with E-state index < -0.39 is 24.1 Å². The molecule has 2 aromatic rings. The minimum Gasteiger partial charge on any atom is -0.378 e. The molecule has 5 rings (SSSR count). The molecule has 0 radical (unpaired) electrons. The molecule has 2 saturated heterocycles. The highest BCUT2D eigenvalue weighted by atomic mass is 35.5. The van der Waals surface area contributed by atoms with E-state index in [1.54, 1.807) is 12.1 Å². The quantitative estimate of drug-likeness (QED) is 0.574. The topological polar surface area (TPSA) is 105 Å². The van der Waals surface area contributed by atoms with Gasteiger partial charge in [-0.2, -0.15) is 10.4 Å². The lowest BCUT2D eigenvalue weighted by molar-refractivity contribution is -0.0807. The molecular formula is C24H27ClF3N7O. The zero-order chi connectivity index (χ0) is 26.0. The lowest BCUT2D eigenvalue weighted by atomic mass is 9.84. The first-order valence-electron chi connectivity index (χ1n) is 11.6. The number of alkyl halides is 3. The van der Waals surface area contributed by atoms with E-state index in [0.717, 1.165) is 11.2 Å². The number of aliphatic imine (C=N–C) groups is 2. The molecule has 3 fully saturated rings. The van der Waals surface area contributed by atoms with Crippen LogP contribution < -0.4 is 5.73 Å². The summed E-state index contributed by atoms with van der Waals surface area (Å²) in [5.41, 5.74) is 6.58. The summed E-state index contributed by atoms with van der Waals surface area (Å²) in [5.74, 6) is -3.24. The summed E-state index contributed by atoms with van der Waals surface area (Å²) in [6, 6.07) is 4.64. The molecule has 0 amide bonds. The monoisotopic (exact) mass is 521 g/mol. The molecule has 192 valence electrons. The van der Waals surface area contributed by atoms with E-state index in [-0.39, 0.29) is 23.3 Å². The van der Waals surface area contributed by atoms with E-state index >= 15 is 4.39 Å². The molecule has 12 heteroatoms. The standard InChI is InChI=1S/C23H22ClF3N6O.CH5N/c1-29-19-5-17(16-2-3-32(10-18(16)25)15-11-34-12-15)13(7-28)4-14(19)8-30-20-9-31-33(22(20)24)21-6-23(21,26)27;1-2/h4-5,8-9,15-16,18,21H,1-3,6,10-12H2;2H2,1H3. The second kappa shape index (κ2) is 10.7.